The van der Waals surface area contributed by atoms with Crippen molar-refractivity contribution in [2.24, 2.45) is 5.73 Å². The number of rotatable bonds is 4. The molecule has 0 spiro atoms. The Morgan fingerprint density at radius 1 is 1.11 bits per heavy atom. The van der Waals surface area contributed by atoms with Crippen LogP contribution < -0.4 is 10.5 Å². The van der Waals surface area contributed by atoms with Crippen LogP contribution in [0.5, 0.6) is 0 Å². The van der Waals surface area contributed by atoms with Gasteiger partial charge in [0.25, 0.3) is 10.0 Å². The molecule has 0 aliphatic carbocycles. The van der Waals surface area contributed by atoms with E-state index >= 15 is 0 Å². The third-order valence-corrected chi connectivity index (χ3v) is 4.45. The highest BCUT2D eigenvalue weighted by molar-refractivity contribution is 9.10. The van der Waals surface area contributed by atoms with Crippen LogP contribution in [-0.2, 0) is 16.6 Å². The van der Waals surface area contributed by atoms with Gasteiger partial charge in [-0.25, -0.2) is 8.42 Å². The SMILES string of the molecule is NCc1cccc(S(=O)(=O)Nc2ccc(Br)cc2)c1. The van der Waals surface area contributed by atoms with Crippen molar-refractivity contribution in [3.05, 3.63) is 58.6 Å². The molecule has 3 N–H and O–H groups in total. The number of hydrogen-bond donors (Lipinski definition) is 2. The molecule has 2 aromatic rings. The molecule has 0 saturated heterocycles. The summed E-state index contributed by atoms with van der Waals surface area (Å²) in [5, 5.41) is 0. The van der Waals surface area contributed by atoms with E-state index in [1.54, 1.807) is 48.5 Å². The Bertz CT molecular complexity index is 669. The minimum absolute atomic E-state index is 0.207. The third-order valence-electron chi connectivity index (χ3n) is 2.54. The van der Waals surface area contributed by atoms with Crippen LogP contribution in [0.3, 0.4) is 0 Å². The predicted octanol–water partition coefficient (Wildman–Crippen LogP) is 2.71. The molecule has 0 atom stereocenters. The molecule has 0 amide bonds. The van der Waals surface area contributed by atoms with E-state index in [1.807, 2.05) is 0 Å². The van der Waals surface area contributed by atoms with E-state index in [4.69, 9.17) is 5.73 Å². The van der Waals surface area contributed by atoms with Gasteiger partial charge < -0.3 is 5.73 Å². The largest absolute Gasteiger partial charge is 0.326 e. The first-order valence-electron chi connectivity index (χ1n) is 5.59. The average molecular weight is 341 g/mol. The van der Waals surface area contributed by atoms with E-state index in [-0.39, 0.29) is 4.90 Å². The van der Waals surface area contributed by atoms with Crippen LogP contribution in [0.1, 0.15) is 5.56 Å². The molecule has 100 valence electrons. The smallest absolute Gasteiger partial charge is 0.261 e. The first-order chi connectivity index (χ1) is 9.01. The van der Waals surface area contributed by atoms with Crippen LogP contribution in [0.25, 0.3) is 0 Å². The molecule has 4 nitrogen and oxygen atoms in total. The molecular formula is C13H13BrN2O2S. The normalized spacial score (nSPS) is 11.3. The zero-order chi connectivity index (χ0) is 13.9. The van der Waals surface area contributed by atoms with E-state index in [2.05, 4.69) is 20.7 Å². The Hall–Kier alpha value is -1.37. The highest BCUT2D eigenvalue weighted by Crippen LogP contribution is 2.19. The van der Waals surface area contributed by atoms with Crippen LogP contribution >= 0.6 is 15.9 Å². The average Bonchev–Trinajstić information content (AvgIpc) is 2.41. The number of nitrogens with one attached hydrogen (secondary N) is 1. The Morgan fingerprint density at radius 3 is 2.42 bits per heavy atom. The molecule has 6 heteroatoms. The van der Waals surface area contributed by atoms with Gasteiger partial charge in [-0.15, -0.1) is 0 Å². The van der Waals surface area contributed by atoms with Crippen LogP contribution in [-0.4, -0.2) is 8.42 Å². The molecule has 0 aromatic heterocycles. The van der Waals surface area contributed by atoms with Gasteiger partial charge in [0.05, 0.1) is 4.90 Å². The molecule has 0 radical (unpaired) electrons. The zero-order valence-electron chi connectivity index (χ0n) is 10.0. The van der Waals surface area contributed by atoms with Gasteiger partial charge in [-0.2, -0.15) is 0 Å². The summed E-state index contributed by atoms with van der Waals surface area (Å²) in [5.41, 5.74) is 6.80. The summed E-state index contributed by atoms with van der Waals surface area (Å²) in [6, 6.07) is 13.5. The number of benzene rings is 2. The summed E-state index contributed by atoms with van der Waals surface area (Å²) < 4.78 is 27.8. The third kappa shape index (κ3) is 3.56. The fourth-order valence-electron chi connectivity index (χ4n) is 1.57. The molecule has 19 heavy (non-hydrogen) atoms. The molecule has 2 aromatic carbocycles. The zero-order valence-corrected chi connectivity index (χ0v) is 12.4. The minimum Gasteiger partial charge on any atom is -0.326 e. The summed E-state index contributed by atoms with van der Waals surface area (Å²) in [5.74, 6) is 0. The lowest BCUT2D eigenvalue weighted by atomic mass is 10.2. The lowest BCUT2D eigenvalue weighted by Gasteiger charge is -2.09. The number of anilines is 1. The number of hydrogen-bond acceptors (Lipinski definition) is 3. The van der Waals surface area contributed by atoms with Gasteiger partial charge in [0.1, 0.15) is 0 Å². The maximum absolute atomic E-state index is 12.2. The molecule has 0 unspecified atom stereocenters. The van der Waals surface area contributed by atoms with Crippen LogP contribution in [0.2, 0.25) is 0 Å². The molecule has 0 aliphatic rings. The monoisotopic (exact) mass is 340 g/mol. The maximum atomic E-state index is 12.2. The first kappa shape index (κ1) is 14.0. The topological polar surface area (TPSA) is 72.2 Å². The Balaban J connectivity index is 2.29. The Morgan fingerprint density at radius 2 is 1.79 bits per heavy atom. The Kier molecular flexibility index (Phi) is 4.24. The van der Waals surface area contributed by atoms with E-state index in [0.29, 0.717) is 12.2 Å². The minimum atomic E-state index is -3.58. The van der Waals surface area contributed by atoms with Crippen molar-refractivity contribution in [2.75, 3.05) is 4.72 Å². The molecular weight excluding hydrogens is 328 g/mol. The second-order valence-electron chi connectivity index (χ2n) is 3.96. The maximum Gasteiger partial charge on any atom is 0.261 e. The predicted molar refractivity (Wildman–Crippen MR) is 79.3 cm³/mol. The van der Waals surface area contributed by atoms with Crippen molar-refractivity contribution in [3.8, 4) is 0 Å². The fourth-order valence-corrected chi connectivity index (χ4v) is 2.96. The van der Waals surface area contributed by atoms with Crippen LogP contribution in [0.4, 0.5) is 5.69 Å². The highest BCUT2D eigenvalue weighted by atomic mass is 79.9. The van der Waals surface area contributed by atoms with Gasteiger partial charge in [0, 0.05) is 16.7 Å². The molecule has 0 aliphatic heterocycles. The lowest BCUT2D eigenvalue weighted by molar-refractivity contribution is 0.601. The van der Waals surface area contributed by atoms with Crippen molar-refractivity contribution in [2.45, 2.75) is 11.4 Å². The van der Waals surface area contributed by atoms with E-state index in [0.717, 1.165) is 10.0 Å². The van der Waals surface area contributed by atoms with Gasteiger partial charge in [0.15, 0.2) is 0 Å². The van der Waals surface area contributed by atoms with Crippen molar-refractivity contribution < 1.29 is 8.42 Å². The second kappa shape index (κ2) is 5.73. The summed E-state index contributed by atoms with van der Waals surface area (Å²) >= 11 is 3.30. The molecule has 0 bridgehead atoms. The van der Waals surface area contributed by atoms with E-state index < -0.39 is 10.0 Å². The lowest BCUT2D eigenvalue weighted by Crippen LogP contribution is -2.13. The van der Waals surface area contributed by atoms with Crippen LogP contribution in [0.15, 0.2) is 57.9 Å². The molecule has 2 rings (SSSR count). The van der Waals surface area contributed by atoms with Gasteiger partial charge in [-0.3, -0.25) is 4.72 Å². The van der Waals surface area contributed by atoms with E-state index in [9.17, 15) is 8.42 Å². The summed E-state index contributed by atoms with van der Waals surface area (Å²) in [7, 11) is -3.58. The van der Waals surface area contributed by atoms with Crippen molar-refractivity contribution in [1.29, 1.82) is 0 Å². The summed E-state index contributed by atoms with van der Waals surface area (Å²) in [4.78, 5) is 0.207. The van der Waals surface area contributed by atoms with Crippen molar-refractivity contribution in [1.82, 2.24) is 0 Å². The Labute approximate surface area is 120 Å². The van der Waals surface area contributed by atoms with Crippen molar-refractivity contribution >= 4 is 31.6 Å². The molecule has 0 saturated carbocycles. The second-order valence-corrected chi connectivity index (χ2v) is 6.56. The standard InChI is InChI=1S/C13H13BrN2O2S/c14-11-4-6-12(7-5-11)16-19(17,18)13-3-1-2-10(8-13)9-15/h1-8,16H,9,15H2. The van der Waals surface area contributed by atoms with E-state index in [1.165, 1.54) is 0 Å². The fraction of sp³-hybridized carbons (Fsp3) is 0.0769. The van der Waals surface area contributed by atoms with Crippen molar-refractivity contribution in [3.63, 3.8) is 0 Å². The number of halogens is 1. The summed E-state index contributed by atoms with van der Waals surface area (Å²) in [6.07, 6.45) is 0. The number of nitrogens with two attached hydrogens (primary N) is 1. The molecule has 0 fully saturated rings. The molecule has 0 heterocycles. The quantitative estimate of drug-likeness (QED) is 0.898. The summed E-state index contributed by atoms with van der Waals surface area (Å²) in [6.45, 7) is 0.307. The highest BCUT2D eigenvalue weighted by Gasteiger charge is 2.14. The van der Waals surface area contributed by atoms with Crippen LogP contribution in [0, 0.1) is 0 Å². The van der Waals surface area contributed by atoms with Gasteiger partial charge >= 0.3 is 0 Å². The van der Waals surface area contributed by atoms with Gasteiger partial charge in [-0.05, 0) is 42.0 Å². The van der Waals surface area contributed by atoms with Gasteiger partial charge in [0.2, 0.25) is 0 Å². The number of sulfonamides is 1. The first-order valence-corrected chi connectivity index (χ1v) is 7.86. The van der Waals surface area contributed by atoms with Gasteiger partial charge in [-0.1, -0.05) is 28.1 Å².